The molecule has 3 N–H and O–H groups in total. The van der Waals surface area contributed by atoms with Crippen LogP contribution in [0.2, 0.25) is 0 Å². The third kappa shape index (κ3) is 4.99. The summed E-state index contributed by atoms with van der Waals surface area (Å²) in [4.78, 5) is 0.0239. The number of rotatable bonds is 6. The summed E-state index contributed by atoms with van der Waals surface area (Å²) in [5, 5.41) is 0. The van der Waals surface area contributed by atoms with Gasteiger partial charge in [-0.2, -0.15) is 0 Å². The van der Waals surface area contributed by atoms with Crippen molar-refractivity contribution in [2.75, 3.05) is 26.0 Å². The normalized spacial score (nSPS) is 12.4. The maximum atomic E-state index is 11.9. The number of anilines is 1. The van der Waals surface area contributed by atoms with Crippen LogP contribution >= 0.6 is 0 Å². The molecule has 0 fully saturated rings. The van der Waals surface area contributed by atoms with E-state index in [1.165, 1.54) is 19.2 Å². The summed E-state index contributed by atoms with van der Waals surface area (Å²) < 4.78 is 37.0. The number of nitrogens with two attached hydrogens (primary N) is 1. The molecule has 0 aliphatic carbocycles. The molecule has 0 heterocycles. The van der Waals surface area contributed by atoms with Gasteiger partial charge in [-0.3, -0.25) is 0 Å². The van der Waals surface area contributed by atoms with E-state index in [4.69, 9.17) is 15.2 Å². The zero-order valence-corrected chi connectivity index (χ0v) is 13.1. The quantitative estimate of drug-likeness (QED) is 0.612. The van der Waals surface area contributed by atoms with Gasteiger partial charge in [0.1, 0.15) is 17.3 Å². The van der Waals surface area contributed by atoms with E-state index in [9.17, 15) is 8.42 Å². The predicted octanol–water partition coefficient (Wildman–Crippen LogP) is 1.37. The fourth-order valence-electron chi connectivity index (χ4n) is 1.46. The molecule has 0 aliphatic heterocycles. The van der Waals surface area contributed by atoms with Crippen LogP contribution in [0.15, 0.2) is 23.1 Å². The number of hydrogen-bond donors (Lipinski definition) is 2. The van der Waals surface area contributed by atoms with Gasteiger partial charge in [-0.1, -0.05) is 0 Å². The molecule has 0 radical (unpaired) electrons. The minimum atomic E-state index is -3.61. The fraction of sp³-hybridized carbons (Fsp3) is 0.538. The van der Waals surface area contributed by atoms with Gasteiger partial charge in [-0.25, -0.2) is 13.1 Å². The molecule has 7 heteroatoms. The maximum absolute atomic E-state index is 11.9. The van der Waals surface area contributed by atoms with Gasteiger partial charge < -0.3 is 15.2 Å². The van der Waals surface area contributed by atoms with Crippen molar-refractivity contribution in [3.05, 3.63) is 18.2 Å². The first-order valence-electron chi connectivity index (χ1n) is 6.25. The van der Waals surface area contributed by atoms with Gasteiger partial charge in [0.15, 0.2) is 0 Å². The van der Waals surface area contributed by atoms with E-state index in [1.807, 2.05) is 20.8 Å². The molecule has 1 rings (SSSR count). The highest BCUT2D eigenvalue weighted by molar-refractivity contribution is 7.89. The summed E-state index contributed by atoms with van der Waals surface area (Å²) in [7, 11) is -2.27. The number of benzene rings is 1. The average Bonchev–Trinajstić information content (AvgIpc) is 2.34. The van der Waals surface area contributed by atoms with E-state index in [-0.39, 0.29) is 22.9 Å². The number of hydrogen-bond acceptors (Lipinski definition) is 5. The number of nitrogens with one attached hydrogen (secondary N) is 1. The number of ether oxygens (including phenoxy) is 2. The summed E-state index contributed by atoms with van der Waals surface area (Å²) in [6.07, 6.45) is 0. The first-order valence-corrected chi connectivity index (χ1v) is 7.74. The van der Waals surface area contributed by atoms with Crippen LogP contribution in [0.5, 0.6) is 5.75 Å². The molecule has 0 bridgehead atoms. The highest BCUT2D eigenvalue weighted by Crippen LogP contribution is 2.26. The molecule has 1 aromatic rings. The van der Waals surface area contributed by atoms with Gasteiger partial charge in [0.05, 0.1) is 12.2 Å². The third-order valence-corrected chi connectivity index (χ3v) is 3.84. The van der Waals surface area contributed by atoms with Crippen LogP contribution in [-0.2, 0) is 14.8 Å². The van der Waals surface area contributed by atoms with Gasteiger partial charge >= 0.3 is 0 Å². The van der Waals surface area contributed by atoms with Crippen molar-refractivity contribution in [2.24, 2.45) is 0 Å². The van der Waals surface area contributed by atoms with Crippen LogP contribution in [0.3, 0.4) is 0 Å². The lowest BCUT2D eigenvalue weighted by atomic mass is 10.2. The minimum absolute atomic E-state index is 0.0239. The van der Waals surface area contributed by atoms with Crippen molar-refractivity contribution in [2.45, 2.75) is 31.3 Å². The lowest BCUT2D eigenvalue weighted by molar-refractivity contribution is -0.0166. The Balaban J connectivity index is 2.81. The highest BCUT2D eigenvalue weighted by atomic mass is 32.2. The van der Waals surface area contributed by atoms with Gasteiger partial charge in [0, 0.05) is 5.69 Å². The Hall–Kier alpha value is -1.31. The van der Waals surface area contributed by atoms with Crippen molar-refractivity contribution >= 4 is 15.7 Å². The first-order chi connectivity index (χ1) is 9.15. The monoisotopic (exact) mass is 302 g/mol. The minimum Gasteiger partial charge on any atom is -0.490 e. The smallest absolute Gasteiger partial charge is 0.244 e. The van der Waals surface area contributed by atoms with Crippen LogP contribution < -0.4 is 15.2 Å². The second kappa shape index (κ2) is 6.43. The molecule has 0 amide bonds. The SMILES string of the molecule is CNS(=O)(=O)c1cc(N)ccc1OCCOC(C)(C)C. The average molecular weight is 302 g/mol. The molecule has 0 aromatic heterocycles. The van der Waals surface area contributed by atoms with E-state index in [0.29, 0.717) is 12.3 Å². The van der Waals surface area contributed by atoms with E-state index in [1.54, 1.807) is 6.07 Å². The predicted molar refractivity (Wildman–Crippen MR) is 78.3 cm³/mol. The molecule has 0 aliphatic rings. The Morgan fingerprint density at radius 2 is 1.90 bits per heavy atom. The molecule has 0 atom stereocenters. The standard InChI is InChI=1S/C13H22N2O4S/c1-13(2,3)19-8-7-18-11-6-5-10(14)9-12(11)20(16,17)15-4/h5-6,9,15H,7-8,14H2,1-4H3. The Morgan fingerprint density at radius 3 is 2.45 bits per heavy atom. The summed E-state index contributed by atoms with van der Waals surface area (Å²) in [6.45, 7) is 6.44. The second-order valence-electron chi connectivity index (χ2n) is 5.22. The second-order valence-corrected chi connectivity index (χ2v) is 7.08. The Labute approximate surface area is 120 Å². The van der Waals surface area contributed by atoms with Crippen LogP contribution in [-0.4, -0.2) is 34.3 Å². The molecule has 0 saturated carbocycles. The molecule has 0 unspecified atom stereocenters. The van der Waals surface area contributed by atoms with Gasteiger partial charge in [-0.05, 0) is 46.0 Å². The fourth-order valence-corrected chi connectivity index (χ4v) is 2.37. The van der Waals surface area contributed by atoms with Crippen LogP contribution in [0, 0.1) is 0 Å². The lowest BCUT2D eigenvalue weighted by Gasteiger charge is -2.20. The van der Waals surface area contributed by atoms with Crippen LogP contribution in [0.4, 0.5) is 5.69 Å². The van der Waals surface area contributed by atoms with E-state index >= 15 is 0 Å². The molecule has 6 nitrogen and oxygen atoms in total. The maximum Gasteiger partial charge on any atom is 0.244 e. The summed E-state index contributed by atoms with van der Waals surface area (Å²) >= 11 is 0. The van der Waals surface area contributed by atoms with E-state index < -0.39 is 10.0 Å². The van der Waals surface area contributed by atoms with Crippen molar-refractivity contribution in [3.63, 3.8) is 0 Å². The topological polar surface area (TPSA) is 90.7 Å². The largest absolute Gasteiger partial charge is 0.490 e. The number of nitrogen functional groups attached to an aromatic ring is 1. The molecule has 1 aromatic carbocycles. The van der Waals surface area contributed by atoms with Crippen molar-refractivity contribution < 1.29 is 17.9 Å². The van der Waals surface area contributed by atoms with E-state index in [2.05, 4.69) is 4.72 Å². The van der Waals surface area contributed by atoms with Gasteiger partial charge in [-0.15, -0.1) is 0 Å². The Morgan fingerprint density at radius 1 is 1.25 bits per heavy atom. The summed E-state index contributed by atoms with van der Waals surface area (Å²) in [5.41, 5.74) is 5.72. The summed E-state index contributed by atoms with van der Waals surface area (Å²) in [6, 6.07) is 4.50. The third-order valence-electron chi connectivity index (χ3n) is 2.40. The Bertz CT molecular complexity index is 550. The molecule has 20 heavy (non-hydrogen) atoms. The van der Waals surface area contributed by atoms with Crippen molar-refractivity contribution in [1.29, 1.82) is 0 Å². The zero-order valence-electron chi connectivity index (χ0n) is 12.3. The lowest BCUT2D eigenvalue weighted by Crippen LogP contribution is -2.23. The molecule has 0 spiro atoms. The van der Waals surface area contributed by atoms with Crippen molar-refractivity contribution in [1.82, 2.24) is 4.72 Å². The highest BCUT2D eigenvalue weighted by Gasteiger charge is 2.18. The van der Waals surface area contributed by atoms with Crippen LogP contribution in [0.25, 0.3) is 0 Å². The van der Waals surface area contributed by atoms with Gasteiger partial charge in [0.2, 0.25) is 10.0 Å². The molecule has 0 saturated heterocycles. The summed E-state index contributed by atoms with van der Waals surface area (Å²) in [5.74, 6) is 0.256. The zero-order chi connectivity index (χ0) is 15.4. The van der Waals surface area contributed by atoms with Crippen molar-refractivity contribution in [3.8, 4) is 5.75 Å². The molecule has 114 valence electrons. The van der Waals surface area contributed by atoms with E-state index in [0.717, 1.165) is 0 Å². The van der Waals surface area contributed by atoms with Crippen LogP contribution in [0.1, 0.15) is 20.8 Å². The first kappa shape index (κ1) is 16.7. The molecular formula is C13H22N2O4S. The molecular weight excluding hydrogens is 280 g/mol. The Kier molecular flexibility index (Phi) is 5.38. The van der Waals surface area contributed by atoms with Gasteiger partial charge in [0.25, 0.3) is 0 Å². The number of sulfonamides is 1.